The molecule has 3 aromatic carbocycles. The predicted molar refractivity (Wildman–Crippen MR) is 83.8 cm³/mol. The topological polar surface area (TPSA) is 4.93 Å². The number of hydrogen-bond donors (Lipinski definition) is 0. The number of fused-ring (bicyclic) bond motifs is 3. The van der Waals surface area contributed by atoms with Gasteiger partial charge in [-0.3, -0.25) is 0 Å². The summed E-state index contributed by atoms with van der Waals surface area (Å²) in [6.45, 7) is 0.892. The van der Waals surface area contributed by atoms with E-state index < -0.39 is 0 Å². The molecule has 0 fully saturated rings. The Hall–Kier alpha value is -2.54. The normalized spacial score (nSPS) is 11.2. The molecule has 20 heavy (non-hydrogen) atoms. The van der Waals surface area contributed by atoms with Crippen molar-refractivity contribution in [3.05, 3.63) is 84.4 Å². The van der Waals surface area contributed by atoms with Crippen molar-refractivity contribution in [2.45, 2.75) is 6.54 Å². The lowest BCUT2D eigenvalue weighted by molar-refractivity contribution is 0.869. The first-order chi connectivity index (χ1) is 9.93. The molecule has 1 heteroatoms. The first-order valence-corrected chi connectivity index (χ1v) is 6.84. The van der Waals surface area contributed by atoms with E-state index in [0.29, 0.717) is 0 Å². The average Bonchev–Trinajstić information content (AvgIpc) is 2.84. The van der Waals surface area contributed by atoms with E-state index in [1.165, 1.54) is 27.4 Å². The van der Waals surface area contributed by atoms with E-state index in [1.807, 2.05) is 6.07 Å². The molecular weight excluding hydrogens is 242 g/mol. The third kappa shape index (κ3) is 1.71. The Balaban J connectivity index is 2.00. The molecule has 1 aromatic heterocycles. The Bertz CT molecular complexity index is 819. The van der Waals surface area contributed by atoms with Gasteiger partial charge in [0.05, 0.1) is 5.52 Å². The zero-order chi connectivity index (χ0) is 13.4. The van der Waals surface area contributed by atoms with Gasteiger partial charge in [0, 0.05) is 22.8 Å². The number of hydrogen-bond acceptors (Lipinski definition) is 0. The van der Waals surface area contributed by atoms with Gasteiger partial charge in [0.2, 0.25) is 0 Å². The fourth-order valence-electron chi connectivity index (χ4n) is 2.88. The molecule has 0 bridgehead atoms. The first kappa shape index (κ1) is 11.3. The van der Waals surface area contributed by atoms with Gasteiger partial charge in [-0.15, -0.1) is 0 Å². The van der Waals surface area contributed by atoms with Crippen molar-refractivity contribution >= 4 is 21.8 Å². The molecule has 4 aromatic rings. The SMILES string of the molecule is [c]1ccc2c3ccccc3n(Cc3ccccc3)c2c1. The molecule has 0 aliphatic rings. The zero-order valence-electron chi connectivity index (χ0n) is 11.1. The summed E-state index contributed by atoms with van der Waals surface area (Å²) in [7, 11) is 0. The minimum atomic E-state index is 0.892. The summed E-state index contributed by atoms with van der Waals surface area (Å²) < 4.78 is 2.37. The van der Waals surface area contributed by atoms with Gasteiger partial charge in [-0.25, -0.2) is 0 Å². The van der Waals surface area contributed by atoms with E-state index in [-0.39, 0.29) is 0 Å². The Labute approximate surface area is 118 Å². The molecule has 0 spiro atoms. The molecular formula is C19H14N. The molecule has 0 saturated carbocycles. The number of nitrogens with zero attached hydrogens (tertiary/aromatic N) is 1. The van der Waals surface area contributed by atoms with Crippen molar-refractivity contribution in [3.63, 3.8) is 0 Å². The van der Waals surface area contributed by atoms with Crippen molar-refractivity contribution in [2.75, 3.05) is 0 Å². The maximum Gasteiger partial charge on any atom is 0.0500 e. The Morgan fingerprint density at radius 2 is 1.50 bits per heavy atom. The summed E-state index contributed by atoms with van der Waals surface area (Å²) in [6.07, 6.45) is 0. The Morgan fingerprint density at radius 1 is 0.750 bits per heavy atom. The summed E-state index contributed by atoms with van der Waals surface area (Å²) in [5.74, 6) is 0. The maximum absolute atomic E-state index is 3.20. The van der Waals surface area contributed by atoms with Crippen LogP contribution in [0, 0.1) is 6.07 Å². The number of rotatable bonds is 2. The van der Waals surface area contributed by atoms with Crippen molar-refractivity contribution < 1.29 is 0 Å². The van der Waals surface area contributed by atoms with Crippen molar-refractivity contribution in [2.24, 2.45) is 0 Å². The van der Waals surface area contributed by atoms with Gasteiger partial charge in [0.25, 0.3) is 0 Å². The summed E-state index contributed by atoms with van der Waals surface area (Å²) in [5, 5.41) is 2.61. The molecule has 1 radical (unpaired) electrons. The summed E-state index contributed by atoms with van der Waals surface area (Å²) in [6, 6.07) is 28.6. The molecule has 0 atom stereocenters. The molecule has 0 amide bonds. The molecule has 0 unspecified atom stereocenters. The van der Waals surface area contributed by atoms with Crippen LogP contribution in [0.5, 0.6) is 0 Å². The fraction of sp³-hybridized carbons (Fsp3) is 0.0526. The highest BCUT2D eigenvalue weighted by Crippen LogP contribution is 2.29. The monoisotopic (exact) mass is 256 g/mol. The van der Waals surface area contributed by atoms with Gasteiger partial charge in [-0.05, 0) is 23.8 Å². The highest BCUT2D eigenvalue weighted by atomic mass is 15.0. The smallest absolute Gasteiger partial charge is 0.0500 e. The van der Waals surface area contributed by atoms with Crippen molar-refractivity contribution in [1.29, 1.82) is 0 Å². The van der Waals surface area contributed by atoms with Crippen LogP contribution in [0.25, 0.3) is 21.8 Å². The highest BCUT2D eigenvalue weighted by molar-refractivity contribution is 6.07. The number of para-hydroxylation sites is 1. The second-order valence-electron chi connectivity index (χ2n) is 5.03. The van der Waals surface area contributed by atoms with E-state index in [4.69, 9.17) is 0 Å². The quantitative estimate of drug-likeness (QED) is 0.492. The minimum Gasteiger partial charge on any atom is -0.336 e. The zero-order valence-corrected chi connectivity index (χ0v) is 11.1. The van der Waals surface area contributed by atoms with Crippen LogP contribution < -0.4 is 0 Å². The molecule has 0 saturated heterocycles. The summed E-state index contributed by atoms with van der Waals surface area (Å²) >= 11 is 0. The molecule has 1 nitrogen and oxygen atoms in total. The molecule has 0 aliphatic carbocycles. The average molecular weight is 256 g/mol. The highest BCUT2D eigenvalue weighted by Gasteiger charge is 2.09. The molecule has 95 valence electrons. The van der Waals surface area contributed by atoms with Crippen LogP contribution in [-0.4, -0.2) is 4.57 Å². The van der Waals surface area contributed by atoms with Crippen LogP contribution in [0.1, 0.15) is 5.56 Å². The van der Waals surface area contributed by atoms with Crippen LogP contribution >= 0.6 is 0 Å². The van der Waals surface area contributed by atoms with E-state index in [9.17, 15) is 0 Å². The predicted octanol–water partition coefficient (Wildman–Crippen LogP) is 4.64. The summed E-state index contributed by atoms with van der Waals surface area (Å²) in [4.78, 5) is 0. The fourth-order valence-corrected chi connectivity index (χ4v) is 2.88. The third-order valence-corrected chi connectivity index (χ3v) is 3.80. The van der Waals surface area contributed by atoms with Gasteiger partial charge in [0.1, 0.15) is 0 Å². The van der Waals surface area contributed by atoms with E-state index in [1.54, 1.807) is 0 Å². The molecule has 1 heterocycles. The van der Waals surface area contributed by atoms with Gasteiger partial charge in [0.15, 0.2) is 0 Å². The first-order valence-electron chi connectivity index (χ1n) is 6.84. The lowest BCUT2D eigenvalue weighted by atomic mass is 10.2. The van der Waals surface area contributed by atoms with Gasteiger partial charge in [-0.2, -0.15) is 0 Å². The minimum absolute atomic E-state index is 0.892. The van der Waals surface area contributed by atoms with Crippen LogP contribution in [0.2, 0.25) is 0 Å². The number of benzene rings is 3. The van der Waals surface area contributed by atoms with E-state index in [2.05, 4.69) is 77.4 Å². The van der Waals surface area contributed by atoms with E-state index >= 15 is 0 Å². The molecule has 4 rings (SSSR count). The van der Waals surface area contributed by atoms with Crippen molar-refractivity contribution in [1.82, 2.24) is 4.57 Å². The van der Waals surface area contributed by atoms with E-state index in [0.717, 1.165) is 6.54 Å². The lowest BCUT2D eigenvalue weighted by Gasteiger charge is -2.07. The Morgan fingerprint density at radius 3 is 2.40 bits per heavy atom. The Kier molecular flexibility index (Phi) is 2.56. The van der Waals surface area contributed by atoms with Crippen LogP contribution in [0.3, 0.4) is 0 Å². The molecule has 0 N–H and O–H groups in total. The standard InChI is InChI=1S/C19H14N/c1-2-8-15(9-3-1)14-20-18-12-6-4-10-16(18)17-11-5-7-13-19(17)20/h1-6,8-13H,14H2. The van der Waals surface area contributed by atoms with Gasteiger partial charge >= 0.3 is 0 Å². The van der Waals surface area contributed by atoms with Gasteiger partial charge < -0.3 is 4.57 Å². The van der Waals surface area contributed by atoms with Crippen LogP contribution in [0.15, 0.2) is 72.8 Å². The second kappa shape index (κ2) is 4.53. The third-order valence-electron chi connectivity index (χ3n) is 3.80. The van der Waals surface area contributed by atoms with Crippen LogP contribution in [0.4, 0.5) is 0 Å². The largest absolute Gasteiger partial charge is 0.336 e. The number of aromatic nitrogens is 1. The summed E-state index contributed by atoms with van der Waals surface area (Å²) in [5.41, 5.74) is 3.85. The van der Waals surface area contributed by atoms with Crippen molar-refractivity contribution in [3.8, 4) is 0 Å². The van der Waals surface area contributed by atoms with Gasteiger partial charge in [-0.1, -0.05) is 60.7 Å². The van der Waals surface area contributed by atoms with Crippen LogP contribution in [-0.2, 0) is 6.54 Å². The maximum atomic E-state index is 3.20. The lowest BCUT2D eigenvalue weighted by Crippen LogP contribution is -1.98. The molecule has 0 aliphatic heterocycles. The second-order valence-corrected chi connectivity index (χ2v) is 5.03.